The van der Waals surface area contributed by atoms with E-state index in [4.69, 9.17) is 4.42 Å². The van der Waals surface area contributed by atoms with Crippen LogP contribution in [0.5, 0.6) is 0 Å². The molecule has 0 aliphatic rings. The molecule has 0 aliphatic carbocycles. The van der Waals surface area contributed by atoms with Crippen LogP contribution >= 0.6 is 22.7 Å². The zero-order valence-electron chi connectivity index (χ0n) is 26.8. The first kappa shape index (κ1) is 28.0. The number of rotatable bonds is 4. The van der Waals surface area contributed by atoms with Gasteiger partial charge in [-0.15, -0.1) is 22.7 Å². The largest absolute Gasteiger partial charge is 0.456 e. The zero-order valence-corrected chi connectivity index (χ0v) is 28.4. The molecule has 0 aliphatic heterocycles. The minimum atomic E-state index is 0.896. The summed E-state index contributed by atoms with van der Waals surface area (Å²) >= 11 is 3.74. The number of fused-ring (bicyclic) bond motifs is 11. The molecule has 11 aromatic rings. The van der Waals surface area contributed by atoms with Crippen LogP contribution in [0.4, 0.5) is 17.1 Å². The van der Waals surface area contributed by atoms with Gasteiger partial charge in [0, 0.05) is 68.2 Å². The van der Waals surface area contributed by atoms with Crippen LogP contribution in [0.1, 0.15) is 0 Å². The maximum absolute atomic E-state index is 6.38. The Morgan fingerprint density at radius 3 is 2.00 bits per heavy atom. The molecular formula is C46H27NOS2. The van der Waals surface area contributed by atoms with Gasteiger partial charge in [-0.25, -0.2) is 0 Å². The Morgan fingerprint density at radius 2 is 1.08 bits per heavy atom. The first-order chi connectivity index (χ1) is 24.8. The van der Waals surface area contributed by atoms with Crippen LogP contribution in [0.25, 0.3) is 84.2 Å². The summed E-state index contributed by atoms with van der Waals surface area (Å²) in [7, 11) is 0. The van der Waals surface area contributed by atoms with Gasteiger partial charge < -0.3 is 9.32 Å². The average molecular weight is 674 g/mol. The van der Waals surface area contributed by atoms with Crippen molar-refractivity contribution >= 4 is 113 Å². The highest BCUT2D eigenvalue weighted by atomic mass is 32.1. The third-order valence-corrected chi connectivity index (χ3v) is 12.3. The molecule has 0 N–H and O–H groups in total. The minimum Gasteiger partial charge on any atom is -0.456 e. The quantitative estimate of drug-likeness (QED) is 0.185. The molecule has 0 saturated heterocycles. The van der Waals surface area contributed by atoms with E-state index in [0.717, 1.165) is 39.0 Å². The summed E-state index contributed by atoms with van der Waals surface area (Å²) in [4.78, 5) is 2.37. The van der Waals surface area contributed by atoms with Crippen LogP contribution in [-0.2, 0) is 0 Å². The van der Waals surface area contributed by atoms with Crippen molar-refractivity contribution in [2.24, 2.45) is 0 Å². The van der Waals surface area contributed by atoms with Crippen LogP contribution < -0.4 is 4.90 Å². The maximum Gasteiger partial charge on any atom is 0.136 e. The standard InChI is InChI=1S/C46H27NOS2/c1-2-10-30(11-3-1)47(31-19-23-39-37(26-31)45-33-12-5-4-9-28(33)18-22-40(45)48-39)32-20-24-42-38(27-32)46-34(14-8-16-43(46)49-42)29-17-21-36-35-13-6-7-15-41(35)50-44(36)25-29/h1-27H. The average Bonchev–Trinajstić information content (AvgIpc) is 3.86. The molecule has 0 fully saturated rings. The second-order valence-corrected chi connectivity index (χ2v) is 15.1. The van der Waals surface area contributed by atoms with Gasteiger partial charge in [-0.2, -0.15) is 0 Å². The van der Waals surface area contributed by atoms with E-state index in [1.807, 2.05) is 22.7 Å². The zero-order chi connectivity index (χ0) is 32.8. The van der Waals surface area contributed by atoms with Crippen molar-refractivity contribution in [1.82, 2.24) is 0 Å². The highest BCUT2D eigenvalue weighted by molar-refractivity contribution is 7.26. The van der Waals surface area contributed by atoms with Gasteiger partial charge in [-0.3, -0.25) is 0 Å². The molecule has 0 atom stereocenters. The molecule has 0 amide bonds. The van der Waals surface area contributed by atoms with Gasteiger partial charge in [0.25, 0.3) is 0 Å². The molecular weight excluding hydrogens is 647 g/mol. The summed E-state index contributed by atoms with van der Waals surface area (Å²) < 4.78 is 11.6. The van der Waals surface area contributed by atoms with E-state index < -0.39 is 0 Å². The fraction of sp³-hybridized carbons (Fsp3) is 0. The number of hydrogen-bond acceptors (Lipinski definition) is 4. The third-order valence-electron chi connectivity index (χ3n) is 10.0. The van der Waals surface area contributed by atoms with Crippen molar-refractivity contribution < 1.29 is 4.42 Å². The molecule has 0 saturated carbocycles. The van der Waals surface area contributed by atoms with E-state index in [2.05, 4.69) is 169 Å². The number of para-hydroxylation sites is 1. The molecule has 11 rings (SSSR count). The van der Waals surface area contributed by atoms with E-state index in [9.17, 15) is 0 Å². The maximum atomic E-state index is 6.38. The number of nitrogens with zero attached hydrogens (tertiary/aromatic N) is 1. The summed E-state index contributed by atoms with van der Waals surface area (Å²) in [6.07, 6.45) is 0. The van der Waals surface area contributed by atoms with Crippen LogP contribution in [0, 0.1) is 0 Å². The van der Waals surface area contributed by atoms with Crippen LogP contribution in [0.15, 0.2) is 168 Å². The van der Waals surface area contributed by atoms with Crippen molar-refractivity contribution in [3.8, 4) is 11.1 Å². The van der Waals surface area contributed by atoms with Gasteiger partial charge in [-0.05, 0) is 94.7 Å². The molecule has 2 nitrogen and oxygen atoms in total. The third kappa shape index (κ3) is 4.19. The summed E-state index contributed by atoms with van der Waals surface area (Å²) in [6.45, 7) is 0. The summed E-state index contributed by atoms with van der Waals surface area (Å²) in [5.41, 5.74) is 7.66. The first-order valence-electron chi connectivity index (χ1n) is 16.8. The molecule has 0 bridgehead atoms. The Labute approximate surface area is 295 Å². The molecule has 0 unspecified atom stereocenters. The Hall–Kier alpha value is -5.94. The second kappa shape index (κ2) is 10.8. The predicted octanol–water partition coefficient (Wildman–Crippen LogP) is 14.6. The van der Waals surface area contributed by atoms with E-state index in [0.29, 0.717) is 0 Å². The number of hydrogen-bond donors (Lipinski definition) is 0. The van der Waals surface area contributed by atoms with E-state index >= 15 is 0 Å². The minimum absolute atomic E-state index is 0.896. The molecule has 8 aromatic carbocycles. The lowest BCUT2D eigenvalue weighted by atomic mass is 9.98. The Bertz CT molecular complexity index is 3110. The lowest BCUT2D eigenvalue weighted by Crippen LogP contribution is -2.09. The van der Waals surface area contributed by atoms with Crippen molar-refractivity contribution in [3.05, 3.63) is 164 Å². The highest BCUT2D eigenvalue weighted by Gasteiger charge is 2.19. The Kier molecular flexibility index (Phi) is 6.03. The second-order valence-electron chi connectivity index (χ2n) is 12.9. The van der Waals surface area contributed by atoms with Gasteiger partial charge in [0.2, 0.25) is 0 Å². The first-order valence-corrected chi connectivity index (χ1v) is 18.5. The van der Waals surface area contributed by atoms with Crippen molar-refractivity contribution in [3.63, 3.8) is 0 Å². The van der Waals surface area contributed by atoms with Gasteiger partial charge in [-0.1, -0.05) is 91.0 Å². The number of furan rings is 1. The summed E-state index contributed by atoms with van der Waals surface area (Å²) in [5, 5.41) is 9.95. The molecule has 3 aromatic heterocycles. The van der Waals surface area contributed by atoms with E-state index in [1.54, 1.807) is 0 Å². The molecule has 3 heterocycles. The topological polar surface area (TPSA) is 16.4 Å². The van der Waals surface area contributed by atoms with Crippen molar-refractivity contribution in [2.75, 3.05) is 4.90 Å². The van der Waals surface area contributed by atoms with Gasteiger partial charge in [0.05, 0.1) is 0 Å². The number of thiophene rings is 2. The predicted molar refractivity (Wildman–Crippen MR) is 217 cm³/mol. The fourth-order valence-corrected chi connectivity index (χ4v) is 10.0. The van der Waals surface area contributed by atoms with E-state index in [1.165, 1.54) is 62.2 Å². The van der Waals surface area contributed by atoms with Gasteiger partial charge >= 0.3 is 0 Å². The summed E-state index contributed by atoms with van der Waals surface area (Å²) in [5.74, 6) is 0. The van der Waals surface area contributed by atoms with Gasteiger partial charge in [0.15, 0.2) is 0 Å². The van der Waals surface area contributed by atoms with E-state index in [-0.39, 0.29) is 0 Å². The lowest BCUT2D eigenvalue weighted by molar-refractivity contribution is 0.669. The SMILES string of the molecule is c1ccc(N(c2ccc3sc4cccc(-c5ccc6c(c5)sc5ccccc56)c4c3c2)c2ccc3oc4ccc5ccccc5c4c3c2)cc1. The molecule has 234 valence electrons. The van der Waals surface area contributed by atoms with Crippen LogP contribution in [0.3, 0.4) is 0 Å². The van der Waals surface area contributed by atoms with Crippen LogP contribution in [-0.4, -0.2) is 0 Å². The van der Waals surface area contributed by atoms with Crippen molar-refractivity contribution in [1.29, 1.82) is 0 Å². The summed E-state index contributed by atoms with van der Waals surface area (Å²) in [6, 6.07) is 59.5. The number of anilines is 3. The number of benzene rings is 8. The monoisotopic (exact) mass is 673 g/mol. The normalized spacial score (nSPS) is 12.0. The molecule has 0 spiro atoms. The van der Waals surface area contributed by atoms with Crippen LogP contribution in [0.2, 0.25) is 0 Å². The Balaban J connectivity index is 1.12. The fourth-order valence-electron chi connectivity index (χ4n) is 7.79. The smallest absolute Gasteiger partial charge is 0.136 e. The molecule has 4 heteroatoms. The van der Waals surface area contributed by atoms with Gasteiger partial charge in [0.1, 0.15) is 11.2 Å². The lowest BCUT2D eigenvalue weighted by Gasteiger charge is -2.25. The molecule has 50 heavy (non-hydrogen) atoms. The Morgan fingerprint density at radius 1 is 0.380 bits per heavy atom. The van der Waals surface area contributed by atoms with Crippen molar-refractivity contribution in [2.45, 2.75) is 0 Å². The highest BCUT2D eigenvalue weighted by Crippen LogP contribution is 2.46. The molecule has 0 radical (unpaired) electrons.